The van der Waals surface area contributed by atoms with Gasteiger partial charge in [-0.1, -0.05) is 6.08 Å². The van der Waals surface area contributed by atoms with Crippen molar-refractivity contribution in [3.05, 3.63) is 47.8 Å². The first-order valence-electron chi connectivity index (χ1n) is 4.06. The summed E-state index contributed by atoms with van der Waals surface area (Å²) >= 11 is 0. The van der Waals surface area contributed by atoms with Gasteiger partial charge in [0.2, 0.25) is 0 Å². The fraction of sp³-hybridized carbons (Fsp3) is 0.200. The van der Waals surface area contributed by atoms with Crippen LogP contribution >= 0.6 is 0 Å². The van der Waals surface area contributed by atoms with Gasteiger partial charge in [-0.2, -0.15) is 0 Å². The van der Waals surface area contributed by atoms with Crippen LogP contribution < -0.4 is 5.73 Å². The predicted octanol–water partition coefficient (Wildman–Crippen LogP) is 2.41. The van der Waals surface area contributed by atoms with Gasteiger partial charge in [0.15, 0.2) is 17.5 Å². The van der Waals surface area contributed by atoms with Crippen LogP contribution in [0.3, 0.4) is 0 Å². The Morgan fingerprint density at radius 3 is 2.29 bits per heavy atom. The molecule has 4 heteroatoms. The maximum atomic E-state index is 12.7. The molecule has 0 radical (unpaired) electrons. The number of rotatable bonds is 3. The number of halogens is 3. The lowest BCUT2D eigenvalue weighted by atomic mass is 10.1. The molecule has 0 saturated heterocycles. The van der Waals surface area contributed by atoms with Crippen LogP contribution in [0, 0.1) is 17.5 Å². The van der Waals surface area contributed by atoms with Crippen LogP contribution in [-0.2, 0) is 6.42 Å². The van der Waals surface area contributed by atoms with Crippen LogP contribution in [0.4, 0.5) is 13.2 Å². The van der Waals surface area contributed by atoms with E-state index in [2.05, 4.69) is 6.58 Å². The molecule has 1 aromatic carbocycles. The summed E-state index contributed by atoms with van der Waals surface area (Å²) in [6, 6.07) is 1.48. The van der Waals surface area contributed by atoms with Crippen molar-refractivity contribution in [1.82, 2.24) is 0 Å². The average Bonchev–Trinajstić information content (AvgIpc) is 2.14. The fourth-order valence-corrected chi connectivity index (χ4v) is 1.08. The van der Waals surface area contributed by atoms with Gasteiger partial charge in [-0.3, -0.25) is 0 Å². The fourth-order valence-electron chi connectivity index (χ4n) is 1.08. The number of hydrogen-bond donors (Lipinski definition) is 1. The molecule has 0 aliphatic carbocycles. The molecular formula is C10H12F3N. The maximum absolute atomic E-state index is 12.7. The van der Waals surface area contributed by atoms with Gasteiger partial charge in [0, 0.05) is 7.47 Å². The van der Waals surface area contributed by atoms with E-state index in [0.29, 0.717) is 5.56 Å². The Morgan fingerprint density at radius 2 is 1.86 bits per heavy atom. The topological polar surface area (TPSA) is 26.0 Å². The van der Waals surface area contributed by atoms with Crippen molar-refractivity contribution in [1.29, 1.82) is 0 Å². The average molecular weight is 203 g/mol. The Balaban J connectivity index is 0.00000196. The molecule has 1 atom stereocenters. The van der Waals surface area contributed by atoms with Crippen molar-refractivity contribution in [3.63, 3.8) is 0 Å². The predicted molar refractivity (Wildman–Crippen MR) is 50.3 cm³/mol. The van der Waals surface area contributed by atoms with Gasteiger partial charge in [-0.15, -0.1) is 6.58 Å². The molecule has 1 aromatic rings. The number of nitrogens with two attached hydrogens (primary N) is 1. The van der Waals surface area contributed by atoms with E-state index in [1.54, 1.807) is 0 Å². The Hall–Kier alpha value is -1.29. The van der Waals surface area contributed by atoms with Crippen molar-refractivity contribution in [2.45, 2.75) is 12.5 Å². The van der Waals surface area contributed by atoms with Crippen LogP contribution in [0.2, 0.25) is 0 Å². The van der Waals surface area contributed by atoms with Gasteiger partial charge < -0.3 is 5.73 Å². The molecule has 1 nitrogen and oxygen atoms in total. The first-order valence-corrected chi connectivity index (χ1v) is 4.06. The minimum Gasteiger partial charge on any atom is -0.324 e. The molecule has 2 N–H and O–H groups in total. The zero-order valence-corrected chi connectivity index (χ0v) is 7.43. The molecule has 0 heterocycles. The minimum atomic E-state index is -1.46. The lowest BCUT2D eigenvalue weighted by Crippen LogP contribution is -2.19. The van der Waals surface area contributed by atoms with Crippen molar-refractivity contribution >= 4 is 0 Å². The summed E-state index contributed by atoms with van der Waals surface area (Å²) in [5, 5.41) is 0. The first-order chi connectivity index (χ1) is 6.54. The second kappa shape index (κ2) is 4.28. The summed E-state index contributed by atoms with van der Waals surface area (Å²) < 4.78 is 38.0. The molecule has 0 amide bonds. The summed E-state index contributed by atoms with van der Waals surface area (Å²) in [5.74, 6) is -3.85. The van der Waals surface area contributed by atoms with Crippen LogP contribution in [0.1, 0.15) is 6.99 Å². The highest BCUT2D eigenvalue weighted by molar-refractivity contribution is 5.21. The Labute approximate surface area is 81.5 Å². The van der Waals surface area contributed by atoms with E-state index in [4.69, 9.17) is 5.73 Å². The second-order valence-electron chi connectivity index (χ2n) is 2.98. The largest absolute Gasteiger partial charge is 0.324 e. The molecule has 0 fully saturated rings. The van der Waals surface area contributed by atoms with Crippen LogP contribution in [0.5, 0.6) is 0 Å². The molecule has 78 valence electrons. The number of hydrogen-bond acceptors (Lipinski definition) is 1. The molecule has 0 unspecified atom stereocenters. The summed E-state index contributed by atoms with van der Waals surface area (Å²) in [6.07, 6.45) is 1.69. The Bertz CT molecular complexity index is 332. The molecule has 0 saturated carbocycles. The van der Waals surface area contributed by atoms with E-state index in [-0.39, 0.29) is 13.9 Å². The molecule has 0 bridgehead atoms. The van der Waals surface area contributed by atoms with Crippen molar-refractivity contribution < 1.29 is 14.6 Å². The van der Waals surface area contributed by atoms with Crippen LogP contribution in [-0.4, -0.2) is 6.04 Å². The Kier molecular flexibility index (Phi) is 3.30. The molecule has 0 aliphatic heterocycles. The maximum Gasteiger partial charge on any atom is 0.194 e. The molecular weight excluding hydrogens is 191 g/mol. The lowest BCUT2D eigenvalue weighted by molar-refractivity contribution is 0.445. The highest BCUT2D eigenvalue weighted by Gasteiger charge is 2.11. The summed E-state index contributed by atoms with van der Waals surface area (Å²) in [4.78, 5) is 0. The summed E-state index contributed by atoms with van der Waals surface area (Å²) in [5.41, 5.74) is 5.80. The first kappa shape index (κ1) is 10.8. The van der Waals surface area contributed by atoms with Gasteiger partial charge in [-0.05, 0) is 24.1 Å². The molecule has 0 spiro atoms. The third kappa shape index (κ3) is 2.35. The lowest BCUT2D eigenvalue weighted by Gasteiger charge is -2.06. The summed E-state index contributed by atoms with van der Waals surface area (Å²) in [7, 11) is 0. The van der Waals surface area contributed by atoms with E-state index in [1.807, 2.05) is 0 Å². The van der Waals surface area contributed by atoms with E-state index in [1.165, 1.54) is 6.08 Å². The smallest absolute Gasteiger partial charge is 0.194 e. The van der Waals surface area contributed by atoms with Gasteiger partial charge in [0.1, 0.15) is 0 Å². The Morgan fingerprint density at radius 1 is 1.36 bits per heavy atom. The van der Waals surface area contributed by atoms with E-state index >= 15 is 0 Å². The molecule has 0 aliphatic rings. The second-order valence-corrected chi connectivity index (χ2v) is 2.98. The monoisotopic (exact) mass is 203 g/mol. The zero-order chi connectivity index (χ0) is 10.7. The number of benzene rings is 1. The minimum absolute atomic E-state index is 0. The molecule has 0 aromatic heterocycles. The summed E-state index contributed by atoms with van der Waals surface area (Å²) in [6.45, 7) is 3.43. The standard InChI is InChI=1S/C10H10F3N.H2/c1-2-7(14)3-6-4-8(11)10(13)9(12)5-6;/h2,4-5,7H,1,3,14H2;1H/t7-;/m1./s1. The third-order valence-electron chi connectivity index (χ3n) is 1.82. The van der Waals surface area contributed by atoms with Crippen molar-refractivity contribution in [2.24, 2.45) is 5.73 Å². The van der Waals surface area contributed by atoms with E-state index in [9.17, 15) is 13.2 Å². The highest BCUT2D eigenvalue weighted by atomic mass is 19.2. The van der Waals surface area contributed by atoms with Gasteiger partial charge in [0.25, 0.3) is 0 Å². The highest BCUT2D eigenvalue weighted by Crippen LogP contribution is 2.14. The van der Waals surface area contributed by atoms with Gasteiger partial charge in [-0.25, -0.2) is 13.2 Å². The van der Waals surface area contributed by atoms with E-state index in [0.717, 1.165) is 12.1 Å². The molecule has 14 heavy (non-hydrogen) atoms. The normalized spacial score (nSPS) is 12.6. The van der Waals surface area contributed by atoms with Crippen molar-refractivity contribution in [3.8, 4) is 0 Å². The van der Waals surface area contributed by atoms with Crippen molar-refractivity contribution in [2.75, 3.05) is 0 Å². The van der Waals surface area contributed by atoms with Crippen LogP contribution in [0.15, 0.2) is 24.8 Å². The zero-order valence-electron chi connectivity index (χ0n) is 7.43. The quantitative estimate of drug-likeness (QED) is 0.592. The van der Waals surface area contributed by atoms with Gasteiger partial charge in [0.05, 0.1) is 0 Å². The van der Waals surface area contributed by atoms with Gasteiger partial charge >= 0.3 is 0 Å². The third-order valence-corrected chi connectivity index (χ3v) is 1.82. The van der Waals surface area contributed by atoms with Crippen LogP contribution in [0.25, 0.3) is 0 Å². The van der Waals surface area contributed by atoms with E-state index < -0.39 is 17.5 Å². The SMILES string of the molecule is C=C[C@@H](N)Cc1cc(F)c(F)c(F)c1.[HH]. The molecule has 1 rings (SSSR count).